The maximum Gasteiger partial charge on any atom is 0.243 e. The van der Waals surface area contributed by atoms with Crippen LogP contribution in [0.4, 0.5) is 5.69 Å². The van der Waals surface area contributed by atoms with Crippen molar-refractivity contribution < 1.29 is 13.2 Å². The summed E-state index contributed by atoms with van der Waals surface area (Å²) in [7, 11) is -3.50. The molecule has 5 rings (SSSR count). The Bertz CT molecular complexity index is 1260. The summed E-state index contributed by atoms with van der Waals surface area (Å²) in [4.78, 5) is 6.20. The molecule has 2 aliphatic rings. The summed E-state index contributed by atoms with van der Waals surface area (Å²) in [5, 5.41) is 2.19. The molecule has 0 unspecified atom stereocenters. The third kappa shape index (κ3) is 4.71. The molecule has 33 heavy (non-hydrogen) atoms. The normalized spacial score (nSPS) is 18.8. The van der Waals surface area contributed by atoms with Crippen molar-refractivity contribution >= 4 is 27.0 Å². The summed E-state index contributed by atoms with van der Waals surface area (Å²) in [6.07, 6.45) is 4.82. The first-order valence-electron chi connectivity index (χ1n) is 11.5. The second-order valence-electron chi connectivity index (χ2n) is 8.70. The van der Waals surface area contributed by atoms with Gasteiger partial charge in [0.15, 0.2) is 4.80 Å². The smallest absolute Gasteiger partial charge is 0.243 e. The summed E-state index contributed by atoms with van der Waals surface area (Å²) in [5.41, 5.74) is 4.42. The molecule has 0 radical (unpaired) electrons. The quantitative estimate of drug-likeness (QED) is 0.519. The third-order valence-electron chi connectivity index (χ3n) is 6.45. The molecule has 174 valence electrons. The van der Waals surface area contributed by atoms with Gasteiger partial charge in [0.2, 0.25) is 10.0 Å². The molecular formula is C25H29N3O3S2. The molecule has 8 heteroatoms. The molecule has 2 fully saturated rings. The van der Waals surface area contributed by atoms with Gasteiger partial charge in [0.1, 0.15) is 0 Å². The number of ether oxygens (including phenoxy) is 1. The van der Waals surface area contributed by atoms with Crippen LogP contribution >= 0.6 is 11.3 Å². The van der Waals surface area contributed by atoms with E-state index in [1.165, 1.54) is 46.8 Å². The molecule has 2 heterocycles. The van der Waals surface area contributed by atoms with Gasteiger partial charge in [0, 0.05) is 24.5 Å². The summed E-state index contributed by atoms with van der Waals surface area (Å²) >= 11 is 1.65. The monoisotopic (exact) mass is 483 g/mol. The number of benzene rings is 2. The average Bonchev–Trinajstić information content (AvgIpc) is 3.51. The molecule has 0 amide bonds. The molecule has 0 bridgehead atoms. The molecule has 1 saturated carbocycles. The van der Waals surface area contributed by atoms with Crippen molar-refractivity contribution in [3.63, 3.8) is 0 Å². The Labute approximate surface area is 199 Å². The van der Waals surface area contributed by atoms with Crippen LogP contribution in [0.25, 0.3) is 11.3 Å². The van der Waals surface area contributed by atoms with Crippen molar-refractivity contribution in [2.24, 2.45) is 4.99 Å². The van der Waals surface area contributed by atoms with Gasteiger partial charge in [-0.1, -0.05) is 42.7 Å². The van der Waals surface area contributed by atoms with E-state index in [-0.39, 0.29) is 0 Å². The fraction of sp³-hybridized carbons (Fsp3) is 0.400. The minimum absolute atomic E-state index is 0.304. The third-order valence-corrected chi connectivity index (χ3v) is 9.20. The van der Waals surface area contributed by atoms with Crippen molar-refractivity contribution in [2.45, 2.75) is 43.5 Å². The van der Waals surface area contributed by atoms with E-state index >= 15 is 0 Å². The number of aryl methyl sites for hydroxylation is 1. The van der Waals surface area contributed by atoms with Crippen molar-refractivity contribution in [2.75, 3.05) is 26.3 Å². The largest absolute Gasteiger partial charge is 0.379 e. The summed E-state index contributed by atoms with van der Waals surface area (Å²) in [6, 6.07) is 16.0. The van der Waals surface area contributed by atoms with E-state index in [2.05, 4.69) is 41.1 Å². The van der Waals surface area contributed by atoms with Crippen LogP contribution in [0.1, 0.15) is 37.3 Å². The van der Waals surface area contributed by atoms with Crippen LogP contribution in [0.2, 0.25) is 0 Å². The van der Waals surface area contributed by atoms with Crippen LogP contribution in [-0.2, 0) is 14.8 Å². The standard InChI is InChI=1S/C25H29N3O3S2/c1-19-6-8-20(9-7-19)24-18-32-25(28(24)22-4-2-3-5-22)26-21-10-12-23(13-11-21)33(29,30)27-14-16-31-17-15-27/h6-13,18,22H,2-5,14-17H2,1H3. The maximum absolute atomic E-state index is 12.9. The van der Waals surface area contributed by atoms with Gasteiger partial charge in [0.05, 0.1) is 29.5 Å². The van der Waals surface area contributed by atoms with Crippen molar-refractivity contribution in [1.29, 1.82) is 0 Å². The molecule has 1 saturated heterocycles. The first-order valence-corrected chi connectivity index (χ1v) is 13.8. The van der Waals surface area contributed by atoms with E-state index in [0.717, 1.165) is 10.5 Å². The highest BCUT2D eigenvalue weighted by atomic mass is 32.2. The number of morpholine rings is 1. The van der Waals surface area contributed by atoms with Crippen LogP contribution < -0.4 is 4.80 Å². The van der Waals surface area contributed by atoms with E-state index in [9.17, 15) is 8.42 Å². The Morgan fingerprint density at radius 1 is 0.970 bits per heavy atom. The number of sulfonamides is 1. The zero-order valence-corrected chi connectivity index (χ0v) is 20.4. The van der Waals surface area contributed by atoms with Crippen LogP contribution in [0.5, 0.6) is 0 Å². The summed E-state index contributed by atoms with van der Waals surface area (Å²) in [5.74, 6) is 0. The molecule has 0 atom stereocenters. The molecule has 0 spiro atoms. The molecule has 0 N–H and O–H groups in total. The maximum atomic E-state index is 12.9. The minimum Gasteiger partial charge on any atom is -0.379 e. The van der Waals surface area contributed by atoms with Gasteiger partial charge in [0.25, 0.3) is 0 Å². The first-order chi connectivity index (χ1) is 16.0. The van der Waals surface area contributed by atoms with Gasteiger partial charge in [-0.15, -0.1) is 11.3 Å². The van der Waals surface area contributed by atoms with Crippen LogP contribution in [-0.4, -0.2) is 43.6 Å². The molecule has 6 nitrogen and oxygen atoms in total. The van der Waals surface area contributed by atoms with Crippen LogP contribution in [0, 0.1) is 6.92 Å². The second-order valence-corrected chi connectivity index (χ2v) is 11.5. The van der Waals surface area contributed by atoms with Gasteiger partial charge in [-0.3, -0.25) is 0 Å². The molecule has 1 aromatic heterocycles. The highest BCUT2D eigenvalue weighted by molar-refractivity contribution is 7.89. The van der Waals surface area contributed by atoms with Crippen molar-refractivity contribution in [3.8, 4) is 11.3 Å². The Kier molecular flexibility index (Phi) is 6.51. The number of nitrogens with zero attached hydrogens (tertiary/aromatic N) is 3. The van der Waals surface area contributed by atoms with E-state index in [1.54, 1.807) is 35.6 Å². The Hall–Kier alpha value is -2.26. The lowest BCUT2D eigenvalue weighted by atomic mass is 10.1. The predicted octanol–water partition coefficient (Wildman–Crippen LogP) is 4.89. The van der Waals surface area contributed by atoms with E-state index in [0.29, 0.717) is 37.2 Å². The fourth-order valence-corrected chi connectivity index (χ4v) is 6.98. The number of hydrogen-bond acceptors (Lipinski definition) is 5. The van der Waals surface area contributed by atoms with Gasteiger partial charge >= 0.3 is 0 Å². The van der Waals surface area contributed by atoms with Crippen LogP contribution in [0.3, 0.4) is 0 Å². The highest BCUT2D eigenvalue weighted by Gasteiger charge is 2.26. The van der Waals surface area contributed by atoms with Gasteiger partial charge in [-0.25, -0.2) is 13.4 Å². The Balaban J connectivity index is 1.49. The highest BCUT2D eigenvalue weighted by Crippen LogP contribution is 2.33. The molecule has 3 aromatic rings. The minimum atomic E-state index is -3.50. The number of rotatable bonds is 5. The zero-order chi connectivity index (χ0) is 22.8. The Morgan fingerprint density at radius 2 is 1.64 bits per heavy atom. The fourth-order valence-electron chi connectivity index (χ4n) is 4.59. The summed E-state index contributed by atoms with van der Waals surface area (Å²) < 4.78 is 35.0. The van der Waals surface area contributed by atoms with Crippen molar-refractivity contribution in [3.05, 3.63) is 64.3 Å². The SMILES string of the molecule is Cc1ccc(-c2csc(=Nc3ccc(S(=O)(=O)N4CCOCC4)cc3)n2C2CCCC2)cc1. The number of hydrogen-bond donors (Lipinski definition) is 0. The molecular weight excluding hydrogens is 454 g/mol. The van der Waals surface area contributed by atoms with E-state index < -0.39 is 10.0 Å². The topological polar surface area (TPSA) is 63.9 Å². The van der Waals surface area contributed by atoms with E-state index in [1.807, 2.05) is 0 Å². The summed E-state index contributed by atoms with van der Waals surface area (Å²) in [6.45, 7) is 3.77. The van der Waals surface area contributed by atoms with Crippen LogP contribution in [0.15, 0.2) is 63.8 Å². The number of aromatic nitrogens is 1. The Morgan fingerprint density at radius 3 is 2.30 bits per heavy atom. The average molecular weight is 484 g/mol. The molecule has 1 aliphatic carbocycles. The van der Waals surface area contributed by atoms with Gasteiger partial charge in [-0.05, 0) is 49.6 Å². The van der Waals surface area contributed by atoms with Crippen molar-refractivity contribution in [1.82, 2.24) is 8.87 Å². The zero-order valence-electron chi connectivity index (χ0n) is 18.8. The second kappa shape index (κ2) is 9.54. The number of thiazole rings is 1. The lowest BCUT2D eigenvalue weighted by molar-refractivity contribution is 0.0730. The first kappa shape index (κ1) is 22.5. The lowest BCUT2D eigenvalue weighted by Crippen LogP contribution is -2.40. The predicted molar refractivity (Wildman–Crippen MR) is 131 cm³/mol. The van der Waals surface area contributed by atoms with Gasteiger partial charge in [-0.2, -0.15) is 4.31 Å². The lowest BCUT2D eigenvalue weighted by Gasteiger charge is -2.26. The van der Waals surface area contributed by atoms with E-state index in [4.69, 9.17) is 9.73 Å². The molecule has 1 aliphatic heterocycles. The molecule has 2 aromatic carbocycles. The van der Waals surface area contributed by atoms with Gasteiger partial charge < -0.3 is 9.30 Å².